The summed E-state index contributed by atoms with van der Waals surface area (Å²) in [7, 11) is 0. The lowest BCUT2D eigenvalue weighted by Crippen LogP contribution is -2.20. The lowest BCUT2D eigenvalue weighted by molar-refractivity contribution is 0.124. The van der Waals surface area contributed by atoms with Crippen LogP contribution in [0.25, 0.3) is 0 Å². The largest absolute Gasteiger partial charge is 0.371 e. The molecule has 82 valence electrons. The molecule has 0 unspecified atom stereocenters. The molecular formula is C11H15FN2O. The maximum absolute atomic E-state index is 13.1. The van der Waals surface area contributed by atoms with E-state index in [1.54, 1.807) is 12.1 Å². The zero-order chi connectivity index (χ0) is 10.7. The number of nitrogens with zero attached hydrogens (tertiary/aromatic N) is 1. The van der Waals surface area contributed by atoms with Gasteiger partial charge < -0.3 is 4.90 Å². The molecule has 0 aliphatic carbocycles. The van der Waals surface area contributed by atoms with Crippen LogP contribution in [0.1, 0.15) is 18.4 Å². The fourth-order valence-electron chi connectivity index (χ4n) is 2.00. The molecule has 4 heteroatoms. The summed E-state index contributed by atoms with van der Waals surface area (Å²) in [5.41, 5.74) is 1.86. The van der Waals surface area contributed by atoms with Crippen LogP contribution in [0.3, 0.4) is 0 Å². The second-order valence-electron chi connectivity index (χ2n) is 3.78. The van der Waals surface area contributed by atoms with E-state index in [0.29, 0.717) is 6.61 Å². The molecule has 1 fully saturated rings. The van der Waals surface area contributed by atoms with Gasteiger partial charge in [0.15, 0.2) is 0 Å². The first-order chi connectivity index (χ1) is 7.31. The molecule has 1 heterocycles. The fourth-order valence-corrected chi connectivity index (χ4v) is 2.00. The SMILES string of the molecule is NOCc1ccc(F)cc1N1CCCC1. The average molecular weight is 210 g/mol. The molecule has 0 spiro atoms. The van der Waals surface area contributed by atoms with E-state index in [-0.39, 0.29) is 5.82 Å². The number of benzene rings is 1. The molecule has 2 N–H and O–H groups in total. The van der Waals surface area contributed by atoms with Crippen LogP contribution in [0.2, 0.25) is 0 Å². The van der Waals surface area contributed by atoms with E-state index in [1.165, 1.54) is 18.9 Å². The van der Waals surface area contributed by atoms with Crippen molar-refractivity contribution in [2.75, 3.05) is 18.0 Å². The van der Waals surface area contributed by atoms with Gasteiger partial charge in [0.25, 0.3) is 0 Å². The van der Waals surface area contributed by atoms with Gasteiger partial charge in [-0.05, 0) is 25.0 Å². The van der Waals surface area contributed by atoms with Gasteiger partial charge in [-0.1, -0.05) is 6.07 Å². The summed E-state index contributed by atoms with van der Waals surface area (Å²) in [4.78, 5) is 6.80. The van der Waals surface area contributed by atoms with Crippen molar-refractivity contribution in [1.82, 2.24) is 0 Å². The molecular weight excluding hydrogens is 195 g/mol. The second-order valence-corrected chi connectivity index (χ2v) is 3.78. The zero-order valence-electron chi connectivity index (χ0n) is 8.58. The molecule has 0 atom stereocenters. The summed E-state index contributed by atoms with van der Waals surface area (Å²) in [6, 6.07) is 4.73. The minimum absolute atomic E-state index is 0.210. The van der Waals surface area contributed by atoms with Crippen LogP contribution in [0, 0.1) is 5.82 Å². The summed E-state index contributed by atoms with van der Waals surface area (Å²) >= 11 is 0. The Hall–Kier alpha value is -1.13. The van der Waals surface area contributed by atoms with Crippen molar-refractivity contribution in [1.29, 1.82) is 0 Å². The average Bonchev–Trinajstić information content (AvgIpc) is 2.74. The highest BCUT2D eigenvalue weighted by molar-refractivity contribution is 5.54. The van der Waals surface area contributed by atoms with Gasteiger partial charge in [0, 0.05) is 24.3 Å². The number of rotatable bonds is 3. The van der Waals surface area contributed by atoms with E-state index in [0.717, 1.165) is 24.3 Å². The molecule has 0 amide bonds. The van der Waals surface area contributed by atoms with E-state index >= 15 is 0 Å². The van der Waals surface area contributed by atoms with Gasteiger partial charge in [-0.2, -0.15) is 0 Å². The van der Waals surface area contributed by atoms with Gasteiger partial charge in [-0.15, -0.1) is 0 Å². The topological polar surface area (TPSA) is 38.5 Å². The third-order valence-corrected chi connectivity index (χ3v) is 2.73. The summed E-state index contributed by atoms with van der Waals surface area (Å²) in [6.07, 6.45) is 2.33. The van der Waals surface area contributed by atoms with Crippen molar-refractivity contribution < 1.29 is 9.23 Å². The van der Waals surface area contributed by atoms with Crippen LogP contribution in [0.15, 0.2) is 18.2 Å². The first-order valence-electron chi connectivity index (χ1n) is 5.16. The molecule has 15 heavy (non-hydrogen) atoms. The summed E-state index contributed by atoms with van der Waals surface area (Å²) in [6.45, 7) is 2.30. The Balaban J connectivity index is 2.28. The van der Waals surface area contributed by atoms with Crippen molar-refractivity contribution in [3.8, 4) is 0 Å². The quantitative estimate of drug-likeness (QED) is 0.773. The van der Waals surface area contributed by atoms with Gasteiger partial charge in [0.1, 0.15) is 5.82 Å². The zero-order valence-corrected chi connectivity index (χ0v) is 8.58. The maximum Gasteiger partial charge on any atom is 0.125 e. The first kappa shape index (κ1) is 10.4. The van der Waals surface area contributed by atoms with Gasteiger partial charge in [-0.3, -0.25) is 4.84 Å². The Kier molecular flexibility index (Phi) is 3.18. The Morgan fingerprint density at radius 1 is 1.33 bits per heavy atom. The molecule has 0 bridgehead atoms. The maximum atomic E-state index is 13.1. The van der Waals surface area contributed by atoms with Crippen LogP contribution in [0.4, 0.5) is 10.1 Å². The third kappa shape index (κ3) is 2.27. The molecule has 1 aromatic rings. The molecule has 0 aromatic heterocycles. The van der Waals surface area contributed by atoms with E-state index in [2.05, 4.69) is 9.74 Å². The van der Waals surface area contributed by atoms with E-state index in [4.69, 9.17) is 5.90 Å². The Morgan fingerprint density at radius 2 is 2.07 bits per heavy atom. The number of anilines is 1. The van der Waals surface area contributed by atoms with Crippen LogP contribution >= 0.6 is 0 Å². The second kappa shape index (κ2) is 4.59. The number of hydrogen-bond donors (Lipinski definition) is 1. The molecule has 1 saturated heterocycles. The van der Waals surface area contributed by atoms with Crippen molar-refractivity contribution in [3.63, 3.8) is 0 Å². The minimum atomic E-state index is -0.210. The molecule has 0 radical (unpaired) electrons. The van der Waals surface area contributed by atoms with Gasteiger partial charge in [0.2, 0.25) is 0 Å². The van der Waals surface area contributed by atoms with Crippen LogP contribution in [0.5, 0.6) is 0 Å². The molecule has 1 aliphatic heterocycles. The summed E-state index contributed by atoms with van der Waals surface area (Å²) in [5.74, 6) is 4.84. The standard InChI is InChI=1S/C11H15FN2O/c12-10-4-3-9(8-15-13)11(7-10)14-5-1-2-6-14/h3-4,7H,1-2,5-6,8,13H2. The monoisotopic (exact) mass is 210 g/mol. The predicted molar refractivity (Wildman–Crippen MR) is 56.8 cm³/mol. The Morgan fingerprint density at radius 3 is 2.73 bits per heavy atom. The number of nitrogens with two attached hydrogens (primary N) is 1. The van der Waals surface area contributed by atoms with Gasteiger partial charge in [0.05, 0.1) is 6.61 Å². The highest BCUT2D eigenvalue weighted by Gasteiger charge is 2.16. The van der Waals surface area contributed by atoms with E-state index < -0.39 is 0 Å². The molecule has 0 saturated carbocycles. The van der Waals surface area contributed by atoms with Crippen LogP contribution in [-0.2, 0) is 11.4 Å². The number of hydrogen-bond acceptors (Lipinski definition) is 3. The lowest BCUT2D eigenvalue weighted by Gasteiger charge is -2.21. The first-order valence-corrected chi connectivity index (χ1v) is 5.16. The van der Waals surface area contributed by atoms with Crippen molar-refractivity contribution in [3.05, 3.63) is 29.6 Å². The van der Waals surface area contributed by atoms with Crippen molar-refractivity contribution in [2.24, 2.45) is 5.90 Å². The molecule has 3 nitrogen and oxygen atoms in total. The van der Waals surface area contributed by atoms with Crippen LogP contribution < -0.4 is 10.8 Å². The highest BCUT2D eigenvalue weighted by atomic mass is 19.1. The third-order valence-electron chi connectivity index (χ3n) is 2.73. The van der Waals surface area contributed by atoms with Crippen molar-refractivity contribution in [2.45, 2.75) is 19.4 Å². The van der Waals surface area contributed by atoms with Crippen molar-refractivity contribution >= 4 is 5.69 Å². The van der Waals surface area contributed by atoms with Crippen LogP contribution in [-0.4, -0.2) is 13.1 Å². The normalized spacial score (nSPS) is 16.0. The molecule has 2 rings (SSSR count). The Bertz CT molecular complexity index is 337. The molecule has 1 aromatic carbocycles. The van der Waals surface area contributed by atoms with Gasteiger partial charge >= 0.3 is 0 Å². The minimum Gasteiger partial charge on any atom is -0.371 e. The smallest absolute Gasteiger partial charge is 0.125 e. The lowest BCUT2D eigenvalue weighted by atomic mass is 10.1. The molecule has 1 aliphatic rings. The summed E-state index contributed by atoms with van der Waals surface area (Å²) in [5, 5.41) is 0. The highest BCUT2D eigenvalue weighted by Crippen LogP contribution is 2.25. The Labute approximate surface area is 88.6 Å². The number of halogens is 1. The van der Waals surface area contributed by atoms with Gasteiger partial charge in [-0.25, -0.2) is 10.3 Å². The van der Waals surface area contributed by atoms with E-state index in [1.807, 2.05) is 0 Å². The fraction of sp³-hybridized carbons (Fsp3) is 0.455. The predicted octanol–water partition coefficient (Wildman–Crippen LogP) is 1.82. The van der Waals surface area contributed by atoms with E-state index in [9.17, 15) is 4.39 Å². The summed E-state index contributed by atoms with van der Waals surface area (Å²) < 4.78 is 13.1.